The molecular weight excluding hydrogens is 849 g/mol. The molecule has 1 amide bonds. The molecule has 0 unspecified atom stereocenters. The summed E-state index contributed by atoms with van der Waals surface area (Å²) < 4.78 is 50.5. The Bertz CT molecular complexity index is 3490. The van der Waals surface area contributed by atoms with Crippen LogP contribution in [0.3, 0.4) is 0 Å². The highest BCUT2D eigenvalue weighted by Gasteiger charge is 2.60. The Labute approximate surface area is 374 Å². The maximum absolute atomic E-state index is 16.2. The molecule has 2 aliphatic carbocycles. The van der Waals surface area contributed by atoms with Crippen molar-refractivity contribution in [3.8, 4) is 17.2 Å². The van der Waals surface area contributed by atoms with Gasteiger partial charge in [-0.25, -0.2) is 23.1 Å². The number of aromatic nitrogens is 10. The number of pyridine rings is 1. The monoisotopic (exact) mass is 893 g/mol. The van der Waals surface area contributed by atoms with Gasteiger partial charge in [-0.2, -0.15) is 10.2 Å². The zero-order chi connectivity index (χ0) is 45.1. The summed E-state index contributed by atoms with van der Waals surface area (Å²) in [5.41, 5.74) is 4.04. The number of imidazole rings is 1. The van der Waals surface area contributed by atoms with Gasteiger partial charge in [0.2, 0.25) is 0 Å². The molecule has 16 nitrogen and oxygen atoms in total. The minimum absolute atomic E-state index is 0.0120. The van der Waals surface area contributed by atoms with Crippen molar-refractivity contribution in [2.75, 3.05) is 6.61 Å². The second-order valence-corrected chi connectivity index (χ2v) is 19.3. The Kier molecular flexibility index (Phi) is 8.10. The standard InChI is InChI=1S/C48H45F2N11O5/c1-24-15-30(16-25(2)40(24)49)61-42(58-13-12-57(46(58)64)36-8-7-34-31(41(36)50)22-52-56(34)4)39-33(54-61)19-29-5-6-35(39)59(29)43(62)37-18-28-17-32(27-9-14-65-47(21-27)10-11-47)51-23-38(28)60(37)48(20-26(48)3)44-53-45(63)66-55-44/h7-8,12-13,15-18,22-23,26-27,29,35H,5-6,9-11,14,19-21H2,1-4H3,(H,53,55,63)/t26-,27-,29+,35-,48-/m0/s1. The van der Waals surface area contributed by atoms with E-state index >= 15 is 13.6 Å². The van der Waals surface area contributed by atoms with E-state index in [2.05, 4.69) is 28.2 Å². The van der Waals surface area contributed by atoms with Crippen molar-refractivity contribution in [3.05, 3.63) is 133 Å². The van der Waals surface area contributed by atoms with Gasteiger partial charge in [0.1, 0.15) is 22.9 Å². The number of hydrogen-bond donors (Lipinski definition) is 1. The van der Waals surface area contributed by atoms with E-state index in [4.69, 9.17) is 19.3 Å². The van der Waals surface area contributed by atoms with Crippen LogP contribution < -0.4 is 11.4 Å². The SMILES string of the molecule is Cc1cc(-n2nc3c(c2-n2ccn(-c4ccc5c(cnn5C)c4F)c2=O)[C@@H]2CC[C@H](C3)N2C(=O)c2cc3cc([C@H]4CCOC5(CC5)C4)ncc3n2[C@@]2(c3noc(=O)[nH]3)C[C@@H]2C)cc(C)c1F. The number of ether oxygens (including phenoxy) is 1. The molecule has 9 heterocycles. The molecule has 18 heteroatoms. The van der Waals surface area contributed by atoms with Crippen LogP contribution in [0.1, 0.15) is 108 Å². The van der Waals surface area contributed by atoms with Gasteiger partial charge in [0.25, 0.3) is 5.91 Å². The van der Waals surface area contributed by atoms with E-state index in [1.807, 2.05) is 21.7 Å². The van der Waals surface area contributed by atoms with Gasteiger partial charge in [0.15, 0.2) is 11.6 Å². The third-order valence-electron chi connectivity index (χ3n) is 15.4. The molecule has 6 aromatic heterocycles. The van der Waals surface area contributed by atoms with Crippen LogP contribution in [0.4, 0.5) is 8.78 Å². The molecule has 3 aliphatic heterocycles. The van der Waals surface area contributed by atoms with Crippen LogP contribution in [0.25, 0.3) is 39.0 Å². The smallest absolute Gasteiger partial charge is 0.375 e. The summed E-state index contributed by atoms with van der Waals surface area (Å²) in [5.74, 6) is -0.888. The second-order valence-electron chi connectivity index (χ2n) is 19.3. The van der Waals surface area contributed by atoms with Gasteiger partial charge in [0.05, 0.1) is 57.5 Å². The summed E-state index contributed by atoms with van der Waals surface area (Å²) in [6, 6.07) is 9.96. The molecule has 66 heavy (non-hydrogen) atoms. The number of halogens is 2. The first kappa shape index (κ1) is 39.4. The van der Waals surface area contributed by atoms with E-state index in [1.54, 1.807) is 60.7 Å². The molecule has 5 aliphatic rings. The highest BCUT2D eigenvalue weighted by atomic mass is 19.1. The molecule has 1 N–H and O–H groups in total. The number of benzene rings is 2. The number of aromatic amines is 1. The van der Waals surface area contributed by atoms with Crippen LogP contribution in [-0.2, 0) is 23.7 Å². The third-order valence-corrected chi connectivity index (χ3v) is 15.4. The molecule has 2 aromatic carbocycles. The summed E-state index contributed by atoms with van der Waals surface area (Å²) in [6.45, 7) is 6.12. The number of carbonyl (C=O) groups excluding carboxylic acids is 1. The Hall–Kier alpha value is -6.95. The zero-order valence-corrected chi connectivity index (χ0v) is 36.7. The average molecular weight is 894 g/mol. The zero-order valence-electron chi connectivity index (χ0n) is 36.7. The molecule has 4 fully saturated rings. The van der Waals surface area contributed by atoms with Gasteiger partial charge in [-0.15, -0.1) is 0 Å². The maximum Gasteiger partial charge on any atom is 0.438 e. The average Bonchev–Trinajstić information content (AvgIpc) is 3.70. The summed E-state index contributed by atoms with van der Waals surface area (Å²) >= 11 is 0. The lowest BCUT2D eigenvalue weighted by molar-refractivity contribution is -0.0137. The number of nitrogens with one attached hydrogen (secondary N) is 1. The minimum atomic E-state index is -0.877. The van der Waals surface area contributed by atoms with Crippen LogP contribution in [-0.4, -0.2) is 77.4 Å². The molecule has 2 bridgehead atoms. The van der Waals surface area contributed by atoms with Crippen molar-refractivity contribution in [1.29, 1.82) is 0 Å². The number of rotatable bonds is 7. The fourth-order valence-corrected chi connectivity index (χ4v) is 11.8. The third kappa shape index (κ3) is 5.47. The number of H-pyrrole nitrogens is 1. The summed E-state index contributed by atoms with van der Waals surface area (Å²) in [5, 5.41) is 14.7. The summed E-state index contributed by atoms with van der Waals surface area (Å²) in [6.07, 6.45) is 12.5. The minimum Gasteiger partial charge on any atom is -0.375 e. The number of carbonyl (C=O) groups is 1. The van der Waals surface area contributed by atoms with Crippen LogP contribution in [0.5, 0.6) is 0 Å². The van der Waals surface area contributed by atoms with Gasteiger partial charge in [-0.1, -0.05) is 12.1 Å². The topological polar surface area (TPSA) is 169 Å². The molecular formula is C48H45F2N11O5. The fraction of sp³-hybridized carbons (Fsp3) is 0.396. The Morgan fingerprint density at radius 3 is 2.47 bits per heavy atom. The predicted molar refractivity (Wildman–Crippen MR) is 235 cm³/mol. The Morgan fingerprint density at radius 2 is 1.73 bits per heavy atom. The number of amides is 1. The normalized spacial score (nSPS) is 23.9. The first-order valence-corrected chi connectivity index (χ1v) is 22.7. The molecule has 2 saturated heterocycles. The van der Waals surface area contributed by atoms with Crippen molar-refractivity contribution < 1.29 is 22.8 Å². The van der Waals surface area contributed by atoms with E-state index in [0.717, 1.165) is 48.0 Å². The van der Waals surface area contributed by atoms with E-state index < -0.39 is 28.8 Å². The van der Waals surface area contributed by atoms with Crippen molar-refractivity contribution in [1.82, 2.24) is 53.3 Å². The summed E-state index contributed by atoms with van der Waals surface area (Å²) in [7, 11) is 1.72. The lowest BCUT2D eigenvalue weighted by atomic mass is 9.90. The first-order valence-electron chi connectivity index (χ1n) is 22.7. The number of fused-ring (bicyclic) bond motifs is 6. The van der Waals surface area contributed by atoms with Crippen molar-refractivity contribution in [3.63, 3.8) is 0 Å². The second kappa shape index (κ2) is 13.6. The molecule has 8 aromatic rings. The molecule has 336 valence electrons. The lowest BCUT2D eigenvalue weighted by Crippen LogP contribution is -2.43. The van der Waals surface area contributed by atoms with Crippen LogP contribution in [0.2, 0.25) is 0 Å². The highest BCUT2D eigenvalue weighted by Crippen LogP contribution is 2.57. The van der Waals surface area contributed by atoms with E-state index in [-0.39, 0.29) is 46.3 Å². The van der Waals surface area contributed by atoms with Gasteiger partial charge in [0, 0.05) is 61.1 Å². The number of nitrogens with zero attached hydrogens (tertiary/aromatic N) is 10. The van der Waals surface area contributed by atoms with E-state index in [0.29, 0.717) is 77.5 Å². The van der Waals surface area contributed by atoms with Crippen LogP contribution in [0.15, 0.2) is 75.3 Å². The van der Waals surface area contributed by atoms with Crippen molar-refractivity contribution in [2.24, 2.45) is 13.0 Å². The summed E-state index contributed by atoms with van der Waals surface area (Å²) in [4.78, 5) is 52.8. The largest absolute Gasteiger partial charge is 0.438 e. The molecule has 1 spiro atoms. The number of hydrogen-bond acceptors (Lipinski definition) is 9. The Balaban J connectivity index is 0.969. The molecule has 2 saturated carbocycles. The van der Waals surface area contributed by atoms with E-state index in [1.165, 1.54) is 21.5 Å². The highest BCUT2D eigenvalue weighted by molar-refractivity contribution is 6.00. The molecule has 0 radical (unpaired) electrons. The van der Waals surface area contributed by atoms with Gasteiger partial charge >= 0.3 is 11.4 Å². The van der Waals surface area contributed by atoms with Crippen LogP contribution >= 0.6 is 0 Å². The quantitative estimate of drug-likeness (QED) is 0.182. The number of aryl methyl sites for hydroxylation is 3. The predicted octanol–water partition coefficient (Wildman–Crippen LogP) is 6.73. The first-order chi connectivity index (χ1) is 31.8. The van der Waals surface area contributed by atoms with E-state index in [9.17, 15) is 9.59 Å². The van der Waals surface area contributed by atoms with Crippen LogP contribution in [0, 0.1) is 31.4 Å². The molecule has 5 atom stereocenters. The van der Waals surface area contributed by atoms with Crippen molar-refractivity contribution >= 4 is 27.7 Å². The van der Waals surface area contributed by atoms with Crippen molar-refractivity contribution in [2.45, 2.75) is 101 Å². The Morgan fingerprint density at radius 1 is 0.939 bits per heavy atom. The lowest BCUT2D eigenvalue weighted by Gasteiger charge is -2.35. The van der Waals surface area contributed by atoms with Gasteiger partial charge in [-0.3, -0.25) is 33.1 Å². The molecule has 13 rings (SSSR count). The van der Waals surface area contributed by atoms with Gasteiger partial charge in [-0.05, 0) is 112 Å². The van der Waals surface area contributed by atoms with Gasteiger partial charge < -0.3 is 14.2 Å². The maximum atomic E-state index is 16.2. The fourth-order valence-electron chi connectivity index (χ4n) is 11.8.